The van der Waals surface area contributed by atoms with Crippen LogP contribution in [0.4, 0.5) is 5.69 Å². The quantitative estimate of drug-likeness (QED) is 0.610. The number of allylic oxidation sites excluding steroid dienone is 2. The Balaban J connectivity index is 1.59. The van der Waals surface area contributed by atoms with Gasteiger partial charge in [-0.2, -0.15) is 15.2 Å². The topological polar surface area (TPSA) is 115 Å². The molecule has 1 amide bonds. The van der Waals surface area contributed by atoms with E-state index in [1.165, 1.54) is 11.1 Å². The number of aromatic hydroxyl groups is 1. The number of carboxylic acids is 1. The van der Waals surface area contributed by atoms with Crippen LogP contribution in [0.1, 0.15) is 30.0 Å². The number of aliphatic carboxylic acids is 1. The highest BCUT2D eigenvalue weighted by Crippen LogP contribution is 2.31. The zero-order valence-electron chi connectivity index (χ0n) is 18.5. The predicted molar refractivity (Wildman–Crippen MR) is 127 cm³/mol. The van der Waals surface area contributed by atoms with Crippen molar-refractivity contribution in [1.82, 2.24) is 5.43 Å². The zero-order valence-corrected chi connectivity index (χ0v) is 18.5. The summed E-state index contributed by atoms with van der Waals surface area (Å²) in [6.07, 6.45) is 5.07. The molecule has 3 N–H and O–H groups in total. The molecule has 1 aliphatic carbocycles. The molecular weight excluding hydrogens is 420 g/mol. The fourth-order valence-electron chi connectivity index (χ4n) is 3.71. The summed E-state index contributed by atoms with van der Waals surface area (Å²) in [4.78, 5) is 25.3. The molecule has 168 valence electrons. The van der Waals surface area contributed by atoms with E-state index in [4.69, 9.17) is 0 Å². The summed E-state index contributed by atoms with van der Waals surface area (Å²) in [5.41, 5.74) is 5.93. The first-order valence-electron chi connectivity index (χ1n) is 10.4. The molecule has 0 saturated heterocycles. The van der Waals surface area contributed by atoms with Gasteiger partial charge in [-0.1, -0.05) is 30.4 Å². The van der Waals surface area contributed by atoms with Crippen LogP contribution in [0.25, 0.3) is 5.57 Å². The van der Waals surface area contributed by atoms with Crippen LogP contribution in [0, 0.1) is 13.8 Å². The fraction of sp³-hybridized carbons (Fsp3) is 0.200. The number of benzene rings is 2. The van der Waals surface area contributed by atoms with Crippen LogP contribution in [-0.4, -0.2) is 39.1 Å². The lowest BCUT2D eigenvalue weighted by atomic mass is 9.84. The number of phenols is 1. The van der Waals surface area contributed by atoms with Gasteiger partial charge in [0.15, 0.2) is 11.3 Å². The number of nitrogens with one attached hydrogen (secondary N) is 1. The molecule has 0 fully saturated rings. The molecule has 0 spiro atoms. The number of rotatable bonds is 5. The van der Waals surface area contributed by atoms with Gasteiger partial charge in [-0.25, -0.2) is 4.79 Å². The maximum absolute atomic E-state index is 13.0. The molecule has 0 radical (unpaired) electrons. The minimum atomic E-state index is -1.54. The van der Waals surface area contributed by atoms with Crippen LogP contribution >= 0.6 is 0 Å². The summed E-state index contributed by atoms with van der Waals surface area (Å²) in [6.45, 7) is 5.60. The number of carboxylic acid groups (broad SMARTS) is 1. The van der Waals surface area contributed by atoms with Crippen molar-refractivity contribution in [3.63, 3.8) is 0 Å². The summed E-state index contributed by atoms with van der Waals surface area (Å²) in [5, 5.41) is 29.3. The van der Waals surface area contributed by atoms with Crippen molar-refractivity contribution in [1.29, 1.82) is 0 Å². The number of hydrogen-bond donors (Lipinski definition) is 3. The van der Waals surface area contributed by atoms with E-state index in [1.54, 1.807) is 37.3 Å². The van der Waals surface area contributed by atoms with E-state index in [0.717, 1.165) is 22.3 Å². The lowest BCUT2D eigenvalue weighted by Crippen LogP contribution is -2.50. The van der Waals surface area contributed by atoms with Crippen molar-refractivity contribution in [2.75, 3.05) is 5.01 Å². The van der Waals surface area contributed by atoms with Gasteiger partial charge in [0, 0.05) is 6.42 Å². The van der Waals surface area contributed by atoms with Crippen LogP contribution in [0.15, 0.2) is 70.9 Å². The number of hydrazone groups is 2. The van der Waals surface area contributed by atoms with E-state index in [0.29, 0.717) is 11.4 Å². The molecule has 2 aliphatic rings. The summed E-state index contributed by atoms with van der Waals surface area (Å²) >= 11 is 0. The molecule has 4 rings (SSSR count). The first-order chi connectivity index (χ1) is 15.7. The van der Waals surface area contributed by atoms with Crippen LogP contribution in [0.2, 0.25) is 0 Å². The second kappa shape index (κ2) is 8.38. The third-order valence-electron chi connectivity index (χ3n) is 5.86. The number of nitrogens with zero attached hydrogens (tertiary/aromatic N) is 3. The van der Waals surface area contributed by atoms with Crippen LogP contribution in [0.5, 0.6) is 5.75 Å². The fourth-order valence-corrected chi connectivity index (χ4v) is 3.71. The molecule has 8 nitrogen and oxygen atoms in total. The van der Waals surface area contributed by atoms with Crippen molar-refractivity contribution in [3.05, 3.63) is 77.4 Å². The predicted octanol–water partition coefficient (Wildman–Crippen LogP) is 3.54. The number of aryl methyl sites for hydroxylation is 2. The monoisotopic (exact) mass is 444 g/mol. The average molecular weight is 444 g/mol. The van der Waals surface area contributed by atoms with Crippen LogP contribution < -0.4 is 10.4 Å². The maximum atomic E-state index is 13.0. The number of hydrogen-bond acceptors (Lipinski definition) is 6. The number of amides is 1. The molecule has 0 saturated carbocycles. The van der Waals surface area contributed by atoms with Gasteiger partial charge in [0.2, 0.25) is 0 Å². The van der Waals surface area contributed by atoms with Gasteiger partial charge in [-0.15, -0.1) is 0 Å². The van der Waals surface area contributed by atoms with Gasteiger partial charge in [0.25, 0.3) is 0 Å². The number of phenolic OH excluding ortho intramolecular Hbond substituents is 1. The first kappa shape index (κ1) is 22.0. The van der Waals surface area contributed by atoms with Crippen molar-refractivity contribution in [3.8, 4) is 5.75 Å². The second-order valence-electron chi connectivity index (χ2n) is 8.19. The third kappa shape index (κ3) is 4.15. The molecule has 2 aromatic carbocycles. The summed E-state index contributed by atoms with van der Waals surface area (Å²) < 4.78 is 0. The lowest BCUT2D eigenvalue weighted by molar-refractivity contribution is -0.142. The first-order valence-corrected chi connectivity index (χ1v) is 10.4. The van der Waals surface area contributed by atoms with E-state index in [-0.39, 0.29) is 17.9 Å². The normalized spacial score (nSPS) is 21.2. The maximum Gasteiger partial charge on any atom is 0.335 e. The van der Waals surface area contributed by atoms with E-state index < -0.39 is 17.4 Å². The summed E-state index contributed by atoms with van der Waals surface area (Å²) in [7, 11) is 0. The molecule has 33 heavy (non-hydrogen) atoms. The molecular formula is C25H24N4O4. The molecule has 0 aromatic heterocycles. The molecule has 1 heterocycles. The van der Waals surface area contributed by atoms with E-state index >= 15 is 0 Å². The van der Waals surface area contributed by atoms with Crippen molar-refractivity contribution >= 4 is 34.6 Å². The second-order valence-corrected chi connectivity index (χ2v) is 8.19. The SMILES string of the molecule is CC1=NN(c2ccc(C)c(C)c2)C(=O)C1=NNC1(C(=O)O)C=CC=C(c2ccc(O)cc2)C1. The number of carbonyl (C=O) groups excluding carboxylic acids is 1. The van der Waals surface area contributed by atoms with Crippen molar-refractivity contribution in [2.45, 2.75) is 32.7 Å². The highest BCUT2D eigenvalue weighted by molar-refractivity contribution is 6.71. The smallest absolute Gasteiger partial charge is 0.335 e. The minimum Gasteiger partial charge on any atom is -0.508 e. The Labute approximate surface area is 191 Å². The molecule has 2 aromatic rings. The van der Waals surface area contributed by atoms with E-state index in [1.807, 2.05) is 38.1 Å². The van der Waals surface area contributed by atoms with Crippen LogP contribution in [-0.2, 0) is 9.59 Å². The van der Waals surface area contributed by atoms with Gasteiger partial charge in [0.05, 0.1) is 11.4 Å². The van der Waals surface area contributed by atoms with E-state index in [9.17, 15) is 19.8 Å². The summed E-state index contributed by atoms with van der Waals surface area (Å²) in [6, 6.07) is 12.1. The van der Waals surface area contributed by atoms with E-state index in [2.05, 4.69) is 15.6 Å². The zero-order chi connectivity index (χ0) is 23.8. The average Bonchev–Trinajstić information content (AvgIpc) is 3.08. The molecule has 1 unspecified atom stereocenters. The molecule has 0 bridgehead atoms. The standard InChI is InChI=1S/C25H24N4O4/c1-15-6-9-20(13-16(15)2)29-23(31)22(17(3)27-29)26-28-25(24(32)33)12-4-5-19(14-25)18-7-10-21(30)11-8-18/h4-13,28,30H,14H2,1-3H3,(H,32,33). The van der Waals surface area contributed by atoms with Gasteiger partial charge >= 0.3 is 11.9 Å². The van der Waals surface area contributed by atoms with Gasteiger partial charge in [-0.3, -0.25) is 10.2 Å². The third-order valence-corrected chi connectivity index (χ3v) is 5.86. The summed E-state index contributed by atoms with van der Waals surface area (Å²) in [5.74, 6) is -1.43. The Morgan fingerprint density at radius 3 is 2.52 bits per heavy atom. The Morgan fingerprint density at radius 2 is 1.85 bits per heavy atom. The van der Waals surface area contributed by atoms with Gasteiger partial charge in [0.1, 0.15) is 5.75 Å². The Bertz CT molecular complexity index is 1260. The molecule has 8 heteroatoms. The minimum absolute atomic E-state index is 0.0583. The number of anilines is 1. The van der Waals surface area contributed by atoms with Crippen LogP contribution in [0.3, 0.4) is 0 Å². The highest BCUT2D eigenvalue weighted by atomic mass is 16.4. The lowest BCUT2D eigenvalue weighted by Gasteiger charge is -2.29. The molecule has 1 aliphatic heterocycles. The van der Waals surface area contributed by atoms with Gasteiger partial charge < -0.3 is 10.2 Å². The van der Waals surface area contributed by atoms with Crippen molar-refractivity contribution < 1.29 is 19.8 Å². The van der Waals surface area contributed by atoms with Gasteiger partial charge in [-0.05, 0) is 73.4 Å². The van der Waals surface area contributed by atoms with Crippen molar-refractivity contribution in [2.24, 2.45) is 10.2 Å². The highest BCUT2D eigenvalue weighted by Gasteiger charge is 2.40. The Morgan fingerprint density at radius 1 is 1.12 bits per heavy atom. The Hall–Kier alpha value is -4.20. The number of carbonyl (C=O) groups is 2. The molecule has 1 atom stereocenters. The largest absolute Gasteiger partial charge is 0.508 e. The Kier molecular flexibility index (Phi) is 5.59.